The summed E-state index contributed by atoms with van der Waals surface area (Å²) in [5.74, 6) is 0.455. The number of nitrogens with one attached hydrogen (secondary N) is 2. The molecule has 1 unspecified atom stereocenters. The van der Waals surface area contributed by atoms with E-state index in [1.165, 1.54) is 0 Å². The summed E-state index contributed by atoms with van der Waals surface area (Å²) < 4.78 is 8.71. The number of anilines is 1. The number of rotatable bonds is 4. The lowest BCUT2D eigenvalue weighted by molar-refractivity contribution is 0.281. The summed E-state index contributed by atoms with van der Waals surface area (Å²) in [7, 11) is 0. The van der Waals surface area contributed by atoms with Crippen molar-refractivity contribution in [3.8, 4) is 11.3 Å². The first-order valence-electron chi connectivity index (χ1n) is 7.07. The van der Waals surface area contributed by atoms with Gasteiger partial charge in [0.15, 0.2) is 0 Å². The molecule has 108 valence electrons. The molecule has 3 N–H and O–H groups in total. The highest BCUT2D eigenvalue weighted by Gasteiger charge is 2.13. The highest BCUT2D eigenvalue weighted by Crippen LogP contribution is 2.32. The number of aromatic amines is 1. The van der Waals surface area contributed by atoms with Crippen LogP contribution >= 0.6 is 15.9 Å². The van der Waals surface area contributed by atoms with E-state index in [0.717, 1.165) is 26.6 Å². The fraction of sp³-hybridized carbons (Fsp3) is 0.200. The van der Waals surface area contributed by atoms with E-state index >= 15 is 0 Å². The van der Waals surface area contributed by atoms with Crippen molar-refractivity contribution in [2.24, 2.45) is 0 Å². The van der Waals surface area contributed by atoms with E-state index in [4.69, 9.17) is 6.48 Å². The Hall–Kier alpha value is -1.92. The molecule has 5 nitrogen and oxygen atoms in total. The van der Waals surface area contributed by atoms with Crippen molar-refractivity contribution in [3.05, 3.63) is 41.1 Å². The van der Waals surface area contributed by atoms with Gasteiger partial charge in [0.25, 0.3) is 0 Å². The zero-order valence-corrected chi connectivity index (χ0v) is 13.0. The second-order valence-electron chi connectivity index (χ2n) is 4.78. The Kier molecular flexibility index (Phi) is 3.55. The smallest absolute Gasteiger partial charge is 0.223 e. The van der Waals surface area contributed by atoms with Crippen molar-refractivity contribution in [2.45, 2.75) is 13.0 Å². The first-order valence-corrected chi connectivity index (χ1v) is 7.36. The number of halogens is 1. The van der Waals surface area contributed by atoms with Crippen LogP contribution in [0.5, 0.6) is 0 Å². The molecular weight excluding hydrogens is 332 g/mol. The van der Waals surface area contributed by atoms with Gasteiger partial charge < -0.3 is 15.4 Å². The average Bonchev–Trinajstić information content (AvgIpc) is 2.94. The fourth-order valence-electron chi connectivity index (χ4n) is 2.09. The molecule has 0 aliphatic rings. The van der Waals surface area contributed by atoms with E-state index in [-0.39, 0.29) is 12.6 Å². The number of para-hydroxylation sites is 1. The van der Waals surface area contributed by atoms with Crippen molar-refractivity contribution in [1.29, 1.82) is 0 Å². The summed E-state index contributed by atoms with van der Waals surface area (Å²) in [5, 5.41) is 13.1. The molecular formula is C15H15BrN4O. The zero-order chi connectivity index (χ0) is 15.7. The molecule has 2 heterocycles. The second kappa shape index (κ2) is 5.83. The lowest BCUT2D eigenvalue weighted by Gasteiger charge is -2.12. The summed E-state index contributed by atoms with van der Waals surface area (Å²) in [6, 6.07) is 5.87. The van der Waals surface area contributed by atoms with Crippen LogP contribution in [0.1, 0.15) is 8.29 Å². The third-order valence-electron chi connectivity index (χ3n) is 3.16. The molecule has 0 aliphatic heterocycles. The maximum Gasteiger partial charge on any atom is 0.223 e. The summed E-state index contributed by atoms with van der Waals surface area (Å²) in [5.41, 5.74) is 2.42. The van der Waals surface area contributed by atoms with Gasteiger partial charge in [0.2, 0.25) is 5.95 Å². The molecule has 6 heteroatoms. The fourth-order valence-corrected chi connectivity index (χ4v) is 2.49. The van der Waals surface area contributed by atoms with Crippen molar-refractivity contribution in [3.63, 3.8) is 0 Å². The summed E-state index contributed by atoms with van der Waals surface area (Å²) in [4.78, 5) is 11.9. The van der Waals surface area contributed by atoms with Crippen molar-refractivity contribution < 1.29 is 6.48 Å². The third-order valence-corrected chi connectivity index (χ3v) is 3.74. The number of fused-ring (bicyclic) bond motifs is 1. The molecule has 0 aliphatic carbocycles. The molecule has 0 saturated carbocycles. The molecule has 1 aromatic carbocycles. The molecule has 3 aromatic rings. The van der Waals surface area contributed by atoms with Crippen LogP contribution in [-0.2, 0) is 0 Å². The van der Waals surface area contributed by atoms with E-state index in [9.17, 15) is 0 Å². The van der Waals surface area contributed by atoms with Crippen LogP contribution in [0.25, 0.3) is 22.2 Å². The maximum absolute atomic E-state index is 9.12. The largest absolute Gasteiger partial charge is 0.394 e. The Bertz CT molecular complexity index is 820. The van der Waals surface area contributed by atoms with E-state index < -0.39 is 0 Å². The van der Waals surface area contributed by atoms with E-state index in [1.807, 2.05) is 25.3 Å². The maximum atomic E-state index is 9.12. The van der Waals surface area contributed by atoms with E-state index in [0.29, 0.717) is 12.0 Å². The van der Waals surface area contributed by atoms with Crippen LogP contribution in [0.3, 0.4) is 0 Å². The van der Waals surface area contributed by atoms with Gasteiger partial charge in [-0.3, -0.25) is 0 Å². The Labute approximate surface area is 132 Å². The Morgan fingerprint density at radius 1 is 1.52 bits per heavy atom. The number of H-pyrrole nitrogens is 1. The van der Waals surface area contributed by atoms with Crippen molar-refractivity contribution in [1.82, 2.24) is 15.0 Å². The Balaban J connectivity index is 2.10. The molecule has 1 atom stereocenters. The standard InChI is InChI=1S/C15H15BrN4O/c1-9(8-21)19-15-18-7-12(16)14(20-15)11-6-17-13-5-3-2-4-10(11)13/h2-7,9,17,21H,8H2,1H3,(H,18,19,20)/i5D. The normalized spacial score (nSPS) is 13.2. The van der Waals surface area contributed by atoms with Gasteiger partial charge in [0.1, 0.15) is 0 Å². The molecule has 3 rings (SSSR count). The summed E-state index contributed by atoms with van der Waals surface area (Å²) >= 11 is 3.48. The van der Waals surface area contributed by atoms with Gasteiger partial charge in [-0.05, 0) is 28.9 Å². The van der Waals surface area contributed by atoms with Gasteiger partial charge in [0, 0.05) is 34.9 Å². The minimum absolute atomic E-state index is 0.00401. The number of aliphatic hydroxyl groups excluding tert-OH is 1. The van der Waals surface area contributed by atoms with Gasteiger partial charge in [-0.15, -0.1) is 0 Å². The highest BCUT2D eigenvalue weighted by atomic mass is 79.9. The molecule has 0 spiro atoms. The molecule has 0 amide bonds. The van der Waals surface area contributed by atoms with Gasteiger partial charge >= 0.3 is 0 Å². The van der Waals surface area contributed by atoms with E-state index in [1.54, 1.807) is 12.3 Å². The average molecular weight is 348 g/mol. The Morgan fingerprint density at radius 3 is 3.19 bits per heavy atom. The van der Waals surface area contributed by atoms with Gasteiger partial charge in [-0.2, -0.15) is 0 Å². The van der Waals surface area contributed by atoms with E-state index in [2.05, 4.69) is 36.2 Å². The lowest BCUT2D eigenvalue weighted by atomic mass is 10.1. The number of aliphatic hydroxyl groups is 1. The number of nitrogens with zero attached hydrogens (tertiary/aromatic N) is 2. The quantitative estimate of drug-likeness (QED) is 0.677. The highest BCUT2D eigenvalue weighted by molar-refractivity contribution is 9.10. The molecule has 0 fully saturated rings. The van der Waals surface area contributed by atoms with Gasteiger partial charge in [0.05, 0.1) is 18.1 Å². The van der Waals surface area contributed by atoms with Crippen LogP contribution < -0.4 is 5.32 Å². The van der Waals surface area contributed by atoms with Gasteiger partial charge in [-0.1, -0.05) is 18.2 Å². The second-order valence-corrected chi connectivity index (χ2v) is 5.63. The van der Waals surface area contributed by atoms with Crippen LogP contribution in [-0.4, -0.2) is 32.7 Å². The minimum Gasteiger partial charge on any atom is -0.394 e. The lowest BCUT2D eigenvalue weighted by Crippen LogP contribution is -2.20. The first kappa shape index (κ1) is 12.8. The topological polar surface area (TPSA) is 73.8 Å². The first-order chi connectivity index (χ1) is 10.6. The van der Waals surface area contributed by atoms with Crippen LogP contribution in [0, 0.1) is 0 Å². The SMILES string of the molecule is [2H]c1cccc2c(-c3nc(NC(C)CO)ncc3Br)c[nH]c12. The molecule has 0 radical (unpaired) electrons. The van der Waals surface area contributed by atoms with Crippen molar-refractivity contribution in [2.75, 3.05) is 11.9 Å². The number of benzene rings is 1. The number of hydrogen-bond donors (Lipinski definition) is 3. The van der Waals surface area contributed by atoms with Crippen LogP contribution in [0.15, 0.2) is 41.1 Å². The molecule has 0 saturated heterocycles. The van der Waals surface area contributed by atoms with Gasteiger partial charge in [-0.25, -0.2) is 9.97 Å². The predicted octanol–water partition coefficient (Wildman–Crippen LogP) is 3.18. The Morgan fingerprint density at radius 2 is 2.38 bits per heavy atom. The minimum atomic E-state index is -0.128. The number of aromatic nitrogens is 3. The summed E-state index contributed by atoms with van der Waals surface area (Å²) in [6.45, 7) is 1.85. The zero-order valence-electron chi connectivity index (χ0n) is 12.4. The predicted molar refractivity (Wildman–Crippen MR) is 87.2 cm³/mol. The summed E-state index contributed by atoms with van der Waals surface area (Å²) in [6.07, 6.45) is 3.52. The van der Waals surface area contributed by atoms with Crippen LogP contribution in [0.2, 0.25) is 0 Å². The monoisotopic (exact) mass is 347 g/mol. The third kappa shape index (κ3) is 2.77. The molecule has 2 aromatic heterocycles. The molecule has 0 bridgehead atoms. The molecule has 21 heavy (non-hydrogen) atoms. The van der Waals surface area contributed by atoms with Crippen LogP contribution in [0.4, 0.5) is 5.95 Å². The number of hydrogen-bond acceptors (Lipinski definition) is 4. The van der Waals surface area contributed by atoms with Crippen molar-refractivity contribution >= 4 is 32.8 Å².